The molecule has 1 aliphatic rings. The zero-order valence-corrected chi connectivity index (χ0v) is 18.9. The van der Waals surface area contributed by atoms with Crippen LogP contribution in [0.5, 0.6) is 5.75 Å². The summed E-state index contributed by atoms with van der Waals surface area (Å²) in [5.41, 5.74) is 2.91. The Hall–Kier alpha value is -2.35. The van der Waals surface area contributed by atoms with Gasteiger partial charge in [-0.15, -0.1) is 0 Å². The molecule has 1 fully saturated rings. The van der Waals surface area contributed by atoms with Gasteiger partial charge in [-0.05, 0) is 36.8 Å². The molecule has 0 radical (unpaired) electrons. The van der Waals surface area contributed by atoms with E-state index in [1.54, 1.807) is 12.0 Å². The molecule has 30 heavy (non-hydrogen) atoms. The summed E-state index contributed by atoms with van der Waals surface area (Å²) >= 11 is 0. The van der Waals surface area contributed by atoms with Crippen LogP contribution in [-0.4, -0.2) is 39.8 Å². The third-order valence-electron chi connectivity index (χ3n) is 7.30. The van der Waals surface area contributed by atoms with Crippen molar-refractivity contribution in [2.45, 2.75) is 44.7 Å². The van der Waals surface area contributed by atoms with Crippen molar-refractivity contribution in [3.63, 3.8) is 0 Å². The van der Waals surface area contributed by atoms with E-state index in [0.717, 1.165) is 25.3 Å². The highest BCUT2D eigenvalue weighted by atomic mass is 16.5. The molecule has 2 unspecified atom stereocenters. The van der Waals surface area contributed by atoms with E-state index >= 15 is 0 Å². The van der Waals surface area contributed by atoms with E-state index in [2.05, 4.69) is 69.4 Å². The number of nitrogens with one attached hydrogen (secondary N) is 2. The summed E-state index contributed by atoms with van der Waals surface area (Å²) < 4.78 is 5.28. The maximum absolute atomic E-state index is 9.45. The second-order valence-electron chi connectivity index (χ2n) is 9.19. The summed E-state index contributed by atoms with van der Waals surface area (Å²) in [6.45, 7) is 8.42. The summed E-state index contributed by atoms with van der Waals surface area (Å²) in [7, 11) is 4.02. The molecule has 1 heterocycles. The SMILES string of the molecule is COc1ccc(C[NH+](CC#N)CC[C@]2(c3ccccc3)C[C@H](C)[NH+](C)C[C@H]2C)cc1. The molecule has 0 aromatic heterocycles. The van der Waals surface area contributed by atoms with Crippen molar-refractivity contribution in [2.75, 3.05) is 33.8 Å². The third-order valence-corrected chi connectivity index (χ3v) is 7.30. The molecule has 0 spiro atoms. The van der Waals surface area contributed by atoms with Crippen molar-refractivity contribution in [3.8, 4) is 11.8 Å². The number of ether oxygens (including phenoxy) is 1. The summed E-state index contributed by atoms with van der Waals surface area (Å²) in [6, 6.07) is 22.4. The monoisotopic (exact) mass is 407 g/mol. The smallest absolute Gasteiger partial charge is 0.165 e. The third kappa shape index (κ3) is 5.03. The van der Waals surface area contributed by atoms with E-state index in [1.165, 1.54) is 29.0 Å². The van der Waals surface area contributed by atoms with Crippen LogP contribution in [0.25, 0.3) is 0 Å². The van der Waals surface area contributed by atoms with Gasteiger partial charge < -0.3 is 14.5 Å². The predicted octanol–water partition coefficient (Wildman–Crippen LogP) is 1.87. The van der Waals surface area contributed by atoms with E-state index < -0.39 is 0 Å². The minimum atomic E-state index is 0.181. The Kier molecular flexibility index (Phi) is 7.53. The Morgan fingerprint density at radius 3 is 2.47 bits per heavy atom. The van der Waals surface area contributed by atoms with E-state index in [1.807, 2.05) is 12.1 Å². The van der Waals surface area contributed by atoms with Crippen LogP contribution in [-0.2, 0) is 12.0 Å². The van der Waals surface area contributed by atoms with Gasteiger partial charge in [0, 0.05) is 29.7 Å². The van der Waals surface area contributed by atoms with Crippen molar-refractivity contribution in [3.05, 3.63) is 65.7 Å². The van der Waals surface area contributed by atoms with Gasteiger partial charge in [-0.1, -0.05) is 37.3 Å². The number of hydrogen-bond acceptors (Lipinski definition) is 2. The summed E-state index contributed by atoms with van der Waals surface area (Å²) in [4.78, 5) is 2.97. The number of methoxy groups -OCH3 is 1. The molecule has 160 valence electrons. The predicted molar refractivity (Wildman–Crippen MR) is 121 cm³/mol. The molecule has 2 aromatic rings. The number of hydrogen-bond donors (Lipinski definition) is 2. The van der Waals surface area contributed by atoms with Crippen molar-refractivity contribution < 1.29 is 14.5 Å². The summed E-state index contributed by atoms with van der Waals surface area (Å²) in [5, 5.41) is 9.45. The average molecular weight is 408 g/mol. The Morgan fingerprint density at radius 2 is 1.83 bits per heavy atom. The average Bonchev–Trinajstić information content (AvgIpc) is 2.76. The van der Waals surface area contributed by atoms with Crippen LogP contribution in [0.15, 0.2) is 54.6 Å². The normalized spacial score (nSPS) is 27.2. The zero-order valence-electron chi connectivity index (χ0n) is 18.9. The highest BCUT2D eigenvalue weighted by Crippen LogP contribution is 2.40. The molecular weight excluding hydrogens is 370 g/mol. The highest BCUT2D eigenvalue weighted by Gasteiger charge is 2.46. The first-order chi connectivity index (χ1) is 14.5. The van der Waals surface area contributed by atoms with Crippen LogP contribution in [0.2, 0.25) is 0 Å². The Labute approximate surface area is 182 Å². The Bertz CT molecular complexity index is 830. The van der Waals surface area contributed by atoms with Gasteiger partial charge in [-0.2, -0.15) is 5.26 Å². The summed E-state index contributed by atoms with van der Waals surface area (Å²) in [5.74, 6) is 1.49. The van der Waals surface area contributed by atoms with Crippen LogP contribution in [0.3, 0.4) is 0 Å². The van der Waals surface area contributed by atoms with Crippen LogP contribution < -0.4 is 14.5 Å². The quantitative estimate of drug-likeness (QED) is 0.656. The van der Waals surface area contributed by atoms with E-state index in [9.17, 15) is 5.26 Å². The minimum Gasteiger partial charge on any atom is -0.497 e. The summed E-state index contributed by atoms with van der Waals surface area (Å²) in [6.07, 6.45) is 2.31. The van der Waals surface area contributed by atoms with Crippen LogP contribution in [0, 0.1) is 17.2 Å². The number of piperidine rings is 1. The van der Waals surface area contributed by atoms with Gasteiger partial charge in [-0.3, -0.25) is 0 Å². The molecule has 0 amide bonds. The molecular formula is C26H37N3O+2. The lowest BCUT2D eigenvalue weighted by atomic mass is 9.63. The maximum Gasteiger partial charge on any atom is 0.165 e. The fourth-order valence-electron chi connectivity index (χ4n) is 5.25. The Balaban J connectivity index is 1.79. The molecule has 5 atom stereocenters. The maximum atomic E-state index is 9.45. The molecule has 2 aromatic carbocycles. The van der Waals surface area contributed by atoms with Gasteiger partial charge in [0.25, 0.3) is 0 Å². The number of likely N-dealkylation sites (tertiary alicyclic amines) is 1. The van der Waals surface area contributed by atoms with E-state index in [0.29, 0.717) is 18.5 Å². The van der Waals surface area contributed by atoms with Crippen LogP contribution in [0.1, 0.15) is 37.8 Å². The lowest BCUT2D eigenvalue weighted by Crippen LogP contribution is -3.15. The van der Waals surface area contributed by atoms with Gasteiger partial charge in [0.15, 0.2) is 6.54 Å². The van der Waals surface area contributed by atoms with E-state index in [-0.39, 0.29) is 5.41 Å². The fourth-order valence-corrected chi connectivity index (χ4v) is 5.25. The second kappa shape index (κ2) is 10.1. The van der Waals surface area contributed by atoms with Crippen LogP contribution in [0.4, 0.5) is 0 Å². The molecule has 4 heteroatoms. The molecule has 0 bridgehead atoms. The highest BCUT2D eigenvalue weighted by molar-refractivity contribution is 5.28. The molecule has 4 nitrogen and oxygen atoms in total. The van der Waals surface area contributed by atoms with Gasteiger partial charge in [0.2, 0.25) is 0 Å². The van der Waals surface area contributed by atoms with Gasteiger partial charge in [0.05, 0.1) is 33.3 Å². The number of benzene rings is 2. The van der Waals surface area contributed by atoms with Gasteiger partial charge in [-0.25, -0.2) is 0 Å². The minimum absolute atomic E-state index is 0.181. The molecule has 3 rings (SSSR count). The number of nitriles is 1. The molecule has 2 N–H and O–H groups in total. The van der Waals surface area contributed by atoms with E-state index in [4.69, 9.17) is 4.74 Å². The molecule has 1 aliphatic heterocycles. The first kappa shape index (κ1) is 22.3. The number of rotatable bonds is 8. The zero-order chi connectivity index (χ0) is 21.6. The first-order valence-electron chi connectivity index (χ1n) is 11.2. The number of nitrogens with zero attached hydrogens (tertiary/aromatic N) is 1. The van der Waals surface area contributed by atoms with Crippen molar-refractivity contribution in [1.82, 2.24) is 0 Å². The first-order valence-corrected chi connectivity index (χ1v) is 11.2. The van der Waals surface area contributed by atoms with Crippen molar-refractivity contribution in [1.29, 1.82) is 5.26 Å². The van der Waals surface area contributed by atoms with Gasteiger partial charge in [0.1, 0.15) is 18.4 Å². The largest absolute Gasteiger partial charge is 0.497 e. The molecule has 1 saturated heterocycles. The molecule has 0 aliphatic carbocycles. The Morgan fingerprint density at radius 1 is 1.13 bits per heavy atom. The number of quaternary nitrogens is 2. The van der Waals surface area contributed by atoms with Gasteiger partial charge >= 0.3 is 0 Å². The second-order valence-corrected chi connectivity index (χ2v) is 9.19. The van der Waals surface area contributed by atoms with Crippen LogP contribution >= 0.6 is 0 Å². The lowest BCUT2D eigenvalue weighted by molar-refractivity contribution is -0.918. The lowest BCUT2D eigenvalue weighted by Gasteiger charge is -2.47. The molecule has 0 saturated carbocycles. The fraction of sp³-hybridized carbons (Fsp3) is 0.500. The topological polar surface area (TPSA) is 41.9 Å². The van der Waals surface area contributed by atoms with Crippen molar-refractivity contribution >= 4 is 0 Å². The van der Waals surface area contributed by atoms with Crippen molar-refractivity contribution in [2.24, 2.45) is 5.92 Å². The standard InChI is InChI=1S/C26H35N3O/c1-21-19-28(3)22(2)18-26(21,24-8-6-5-7-9-24)14-16-29(17-15-27)20-23-10-12-25(30-4)13-11-23/h5-13,21-22H,14,16-20H2,1-4H3/p+2/t21-,22+,26+/m1/s1.